The third-order valence-corrected chi connectivity index (χ3v) is 2.67. The molecule has 0 saturated heterocycles. The summed E-state index contributed by atoms with van der Waals surface area (Å²) in [6.07, 6.45) is 5.28. The first kappa shape index (κ1) is 11.9. The van der Waals surface area contributed by atoms with Crippen LogP contribution in [0.25, 0.3) is 0 Å². The summed E-state index contributed by atoms with van der Waals surface area (Å²) in [5.41, 5.74) is 0.599. The number of anilines is 1. The Morgan fingerprint density at radius 1 is 1.65 bits per heavy atom. The van der Waals surface area contributed by atoms with Gasteiger partial charge < -0.3 is 14.8 Å². The van der Waals surface area contributed by atoms with Crippen molar-refractivity contribution in [1.29, 1.82) is 0 Å². The average Bonchev–Trinajstić information content (AvgIpc) is 2.53. The Morgan fingerprint density at radius 3 is 3.00 bits per heavy atom. The highest BCUT2D eigenvalue weighted by Crippen LogP contribution is 2.29. The molecule has 94 valence electrons. The van der Waals surface area contributed by atoms with Crippen LogP contribution in [0.15, 0.2) is 6.20 Å². The lowest BCUT2D eigenvalue weighted by Gasteiger charge is -2.25. The number of ether oxygens (including phenoxy) is 2. The molecule has 0 unspecified atom stereocenters. The van der Waals surface area contributed by atoms with Gasteiger partial charge in [0.25, 0.3) is 11.8 Å². The SMILES string of the molecule is COCC(=O)Nc1cn(C)nc1OC1CCC1. The zero-order chi connectivity index (χ0) is 12.3. The predicted molar refractivity (Wildman–Crippen MR) is 62.0 cm³/mol. The fraction of sp³-hybridized carbons (Fsp3) is 0.636. The molecule has 1 heterocycles. The van der Waals surface area contributed by atoms with Crippen molar-refractivity contribution in [2.24, 2.45) is 7.05 Å². The third kappa shape index (κ3) is 2.97. The highest BCUT2D eigenvalue weighted by atomic mass is 16.5. The van der Waals surface area contributed by atoms with Gasteiger partial charge in [0, 0.05) is 14.2 Å². The van der Waals surface area contributed by atoms with Crippen LogP contribution in [0.3, 0.4) is 0 Å². The van der Waals surface area contributed by atoms with E-state index in [0.717, 1.165) is 12.8 Å². The Morgan fingerprint density at radius 2 is 2.41 bits per heavy atom. The van der Waals surface area contributed by atoms with E-state index in [9.17, 15) is 4.79 Å². The number of nitrogens with one attached hydrogen (secondary N) is 1. The second-order valence-corrected chi connectivity index (χ2v) is 4.17. The first-order valence-corrected chi connectivity index (χ1v) is 5.68. The molecule has 1 saturated carbocycles. The second-order valence-electron chi connectivity index (χ2n) is 4.17. The highest BCUT2D eigenvalue weighted by molar-refractivity contribution is 5.92. The summed E-state index contributed by atoms with van der Waals surface area (Å²) < 4.78 is 12.1. The number of methoxy groups -OCH3 is 1. The standard InChI is InChI=1S/C11H17N3O3/c1-14-6-9(12-10(15)7-16-2)11(13-14)17-8-4-3-5-8/h6,8H,3-5,7H2,1-2H3,(H,12,15). The van der Waals surface area contributed by atoms with Crippen LogP contribution >= 0.6 is 0 Å². The van der Waals surface area contributed by atoms with E-state index >= 15 is 0 Å². The molecule has 6 nitrogen and oxygen atoms in total. The van der Waals surface area contributed by atoms with Crippen molar-refractivity contribution < 1.29 is 14.3 Å². The van der Waals surface area contributed by atoms with Gasteiger partial charge in [-0.1, -0.05) is 0 Å². The molecule has 17 heavy (non-hydrogen) atoms. The van der Waals surface area contributed by atoms with Crippen molar-refractivity contribution in [3.63, 3.8) is 0 Å². The fourth-order valence-corrected chi connectivity index (χ4v) is 1.60. The molecule has 1 N–H and O–H groups in total. The van der Waals surface area contributed by atoms with Gasteiger partial charge in [-0.3, -0.25) is 9.48 Å². The van der Waals surface area contributed by atoms with Crippen LogP contribution in [-0.4, -0.2) is 35.5 Å². The Bertz CT molecular complexity index is 399. The molecule has 0 aliphatic heterocycles. The maximum Gasteiger partial charge on any atom is 0.257 e. The maximum absolute atomic E-state index is 11.4. The van der Waals surface area contributed by atoms with Gasteiger partial charge in [-0.05, 0) is 19.3 Å². The number of nitrogens with zero attached hydrogens (tertiary/aromatic N) is 2. The fourth-order valence-electron chi connectivity index (χ4n) is 1.60. The van der Waals surface area contributed by atoms with Crippen molar-refractivity contribution in [3.8, 4) is 5.88 Å². The lowest BCUT2D eigenvalue weighted by Crippen LogP contribution is -2.25. The summed E-state index contributed by atoms with van der Waals surface area (Å²) in [4.78, 5) is 11.4. The van der Waals surface area contributed by atoms with Gasteiger partial charge in [-0.15, -0.1) is 5.10 Å². The van der Waals surface area contributed by atoms with Crippen molar-refractivity contribution in [1.82, 2.24) is 9.78 Å². The van der Waals surface area contributed by atoms with E-state index in [0.29, 0.717) is 11.6 Å². The molecule has 1 amide bonds. The van der Waals surface area contributed by atoms with Crippen molar-refractivity contribution in [3.05, 3.63) is 6.20 Å². The number of carbonyl (C=O) groups excluding carboxylic acids is 1. The van der Waals surface area contributed by atoms with Gasteiger partial charge in [0.15, 0.2) is 0 Å². The Hall–Kier alpha value is -1.56. The molecular weight excluding hydrogens is 222 g/mol. The van der Waals surface area contributed by atoms with Crippen molar-refractivity contribution in [2.75, 3.05) is 19.0 Å². The molecule has 0 bridgehead atoms. The number of aryl methyl sites for hydroxylation is 1. The number of aromatic nitrogens is 2. The molecule has 2 rings (SSSR count). The lowest BCUT2D eigenvalue weighted by molar-refractivity contribution is -0.119. The van der Waals surface area contributed by atoms with Crippen molar-refractivity contribution >= 4 is 11.6 Å². The molecule has 1 aliphatic rings. The van der Waals surface area contributed by atoms with Crippen molar-refractivity contribution in [2.45, 2.75) is 25.4 Å². The molecular formula is C11H17N3O3. The Kier molecular flexibility index (Phi) is 3.63. The summed E-state index contributed by atoms with van der Waals surface area (Å²) in [6, 6.07) is 0. The minimum absolute atomic E-state index is 0.0256. The molecule has 0 aromatic carbocycles. The van der Waals surface area contributed by atoms with Crippen LogP contribution in [-0.2, 0) is 16.6 Å². The number of carbonyl (C=O) groups is 1. The summed E-state index contributed by atoms with van der Waals surface area (Å²) in [5, 5.41) is 6.90. The smallest absolute Gasteiger partial charge is 0.257 e. The molecule has 1 aromatic rings. The Labute approximate surface area is 99.9 Å². The highest BCUT2D eigenvalue weighted by Gasteiger charge is 2.22. The normalized spacial score (nSPS) is 15.4. The van der Waals surface area contributed by atoms with E-state index < -0.39 is 0 Å². The third-order valence-electron chi connectivity index (χ3n) is 2.67. The molecule has 0 radical (unpaired) electrons. The van der Waals surface area contributed by atoms with Gasteiger partial charge in [0.1, 0.15) is 18.4 Å². The molecule has 0 atom stereocenters. The molecule has 1 aliphatic carbocycles. The second kappa shape index (κ2) is 5.18. The summed E-state index contributed by atoms with van der Waals surface area (Å²) in [7, 11) is 3.27. The van der Waals surface area contributed by atoms with Gasteiger partial charge in [0.2, 0.25) is 0 Å². The van der Waals surface area contributed by atoms with E-state index in [4.69, 9.17) is 9.47 Å². The summed E-state index contributed by atoms with van der Waals surface area (Å²) in [5.74, 6) is 0.278. The van der Waals surface area contributed by atoms with E-state index in [1.54, 1.807) is 17.9 Å². The van der Waals surface area contributed by atoms with E-state index in [-0.39, 0.29) is 18.6 Å². The first-order valence-electron chi connectivity index (χ1n) is 5.68. The average molecular weight is 239 g/mol. The minimum Gasteiger partial charge on any atom is -0.472 e. The van der Waals surface area contributed by atoms with Crippen LogP contribution in [0.4, 0.5) is 5.69 Å². The lowest BCUT2D eigenvalue weighted by atomic mass is 9.96. The van der Waals surface area contributed by atoms with Gasteiger partial charge >= 0.3 is 0 Å². The molecule has 6 heteroatoms. The molecule has 1 aromatic heterocycles. The van der Waals surface area contributed by atoms with E-state index in [1.165, 1.54) is 13.5 Å². The zero-order valence-corrected chi connectivity index (χ0v) is 10.1. The van der Waals surface area contributed by atoms with Crippen LogP contribution in [0.1, 0.15) is 19.3 Å². The molecule has 1 fully saturated rings. The van der Waals surface area contributed by atoms with Crippen LogP contribution in [0, 0.1) is 0 Å². The predicted octanol–water partition coefficient (Wildman–Crippen LogP) is 0.936. The maximum atomic E-state index is 11.4. The van der Waals surface area contributed by atoms with Crippen LogP contribution < -0.4 is 10.1 Å². The number of hydrogen-bond donors (Lipinski definition) is 1. The van der Waals surface area contributed by atoms with Gasteiger partial charge in [0.05, 0.1) is 6.20 Å². The minimum atomic E-state index is -0.209. The Balaban J connectivity index is 2.01. The van der Waals surface area contributed by atoms with E-state index in [2.05, 4.69) is 10.4 Å². The quantitative estimate of drug-likeness (QED) is 0.830. The van der Waals surface area contributed by atoms with Gasteiger partial charge in [-0.2, -0.15) is 0 Å². The topological polar surface area (TPSA) is 65.4 Å². The number of hydrogen-bond acceptors (Lipinski definition) is 4. The number of amides is 1. The van der Waals surface area contributed by atoms with E-state index in [1.807, 2.05) is 0 Å². The largest absolute Gasteiger partial charge is 0.472 e. The summed E-state index contributed by atoms with van der Waals surface area (Å²) >= 11 is 0. The summed E-state index contributed by atoms with van der Waals surface area (Å²) in [6.45, 7) is 0.0256. The number of rotatable bonds is 5. The zero-order valence-electron chi connectivity index (χ0n) is 10.1. The first-order chi connectivity index (χ1) is 8.19. The van der Waals surface area contributed by atoms with Gasteiger partial charge in [-0.25, -0.2) is 0 Å². The van der Waals surface area contributed by atoms with Crippen LogP contribution in [0.5, 0.6) is 5.88 Å². The monoisotopic (exact) mass is 239 g/mol. The van der Waals surface area contributed by atoms with Crippen LogP contribution in [0.2, 0.25) is 0 Å². The molecule has 0 spiro atoms.